The standard InChI is InChI=1S/C23H21ClN2O6S/c24-19-13-18(33(28,29)25-14-16-4-2-1-3-5-16)7-9-20(19)32-15-23(27)26-17-6-8-21-22(12-17)31-11-10-30-21/h1-9,12-13,25H,10-11,14-15H2,(H,26,27). The van der Waals surface area contributed by atoms with Crippen LogP contribution in [0.15, 0.2) is 71.6 Å². The molecule has 0 saturated heterocycles. The summed E-state index contributed by atoms with van der Waals surface area (Å²) in [6, 6.07) is 18.3. The van der Waals surface area contributed by atoms with Crippen molar-refractivity contribution in [2.75, 3.05) is 25.1 Å². The van der Waals surface area contributed by atoms with Crippen LogP contribution in [0.25, 0.3) is 0 Å². The second kappa shape index (κ2) is 10.1. The predicted molar refractivity (Wildman–Crippen MR) is 123 cm³/mol. The lowest BCUT2D eigenvalue weighted by Crippen LogP contribution is -2.23. The van der Waals surface area contributed by atoms with Gasteiger partial charge in [0, 0.05) is 18.3 Å². The number of anilines is 1. The Hall–Kier alpha value is -3.27. The van der Waals surface area contributed by atoms with Crippen LogP contribution in [0, 0.1) is 0 Å². The van der Waals surface area contributed by atoms with Crippen molar-refractivity contribution in [3.8, 4) is 17.2 Å². The minimum absolute atomic E-state index is 0.00323. The number of rotatable bonds is 8. The number of halogens is 1. The molecule has 0 atom stereocenters. The highest BCUT2D eigenvalue weighted by Crippen LogP contribution is 2.32. The second-order valence-corrected chi connectivity index (χ2v) is 9.27. The topological polar surface area (TPSA) is 103 Å². The smallest absolute Gasteiger partial charge is 0.262 e. The van der Waals surface area contributed by atoms with Gasteiger partial charge in [-0.1, -0.05) is 41.9 Å². The molecule has 1 heterocycles. The molecule has 1 aliphatic rings. The predicted octanol–water partition coefficient (Wildman–Crippen LogP) is 3.61. The number of benzene rings is 3. The number of amides is 1. The van der Waals surface area contributed by atoms with Crippen molar-refractivity contribution in [1.29, 1.82) is 0 Å². The van der Waals surface area contributed by atoms with Crippen LogP contribution in [0.5, 0.6) is 17.2 Å². The van der Waals surface area contributed by atoms with E-state index in [1.165, 1.54) is 18.2 Å². The SMILES string of the molecule is O=C(COc1ccc(S(=O)(=O)NCc2ccccc2)cc1Cl)Nc1ccc2c(c1)OCCO2. The fourth-order valence-corrected chi connectivity index (χ4v) is 4.43. The Morgan fingerprint density at radius 3 is 2.48 bits per heavy atom. The molecule has 1 aliphatic heterocycles. The van der Waals surface area contributed by atoms with E-state index in [0.29, 0.717) is 30.4 Å². The molecular formula is C23H21ClN2O6S. The van der Waals surface area contributed by atoms with E-state index < -0.39 is 15.9 Å². The van der Waals surface area contributed by atoms with Crippen molar-refractivity contribution in [3.63, 3.8) is 0 Å². The van der Waals surface area contributed by atoms with E-state index in [1.54, 1.807) is 18.2 Å². The summed E-state index contributed by atoms with van der Waals surface area (Å²) in [5, 5.41) is 2.78. The minimum Gasteiger partial charge on any atom is -0.486 e. The summed E-state index contributed by atoms with van der Waals surface area (Å²) >= 11 is 6.20. The van der Waals surface area contributed by atoms with Crippen LogP contribution in [0.4, 0.5) is 5.69 Å². The first-order chi connectivity index (χ1) is 15.9. The van der Waals surface area contributed by atoms with Crippen LogP contribution in [0.3, 0.4) is 0 Å². The van der Waals surface area contributed by atoms with Crippen LogP contribution in [-0.2, 0) is 21.4 Å². The van der Waals surface area contributed by atoms with Crippen molar-refractivity contribution in [2.45, 2.75) is 11.4 Å². The molecule has 8 nitrogen and oxygen atoms in total. The van der Waals surface area contributed by atoms with Crippen LogP contribution in [0.1, 0.15) is 5.56 Å². The summed E-state index contributed by atoms with van der Waals surface area (Å²) in [6.45, 7) is 0.765. The quantitative estimate of drug-likeness (QED) is 0.502. The molecule has 0 saturated carbocycles. The number of carbonyl (C=O) groups excluding carboxylic acids is 1. The molecule has 1 amide bonds. The van der Waals surface area contributed by atoms with E-state index in [2.05, 4.69) is 10.0 Å². The van der Waals surface area contributed by atoms with Crippen LogP contribution in [0.2, 0.25) is 5.02 Å². The first-order valence-electron chi connectivity index (χ1n) is 10.1. The minimum atomic E-state index is -3.77. The summed E-state index contributed by atoms with van der Waals surface area (Å²) in [7, 11) is -3.77. The third kappa shape index (κ3) is 5.95. The van der Waals surface area contributed by atoms with Gasteiger partial charge in [0.15, 0.2) is 18.1 Å². The van der Waals surface area contributed by atoms with Crippen molar-refractivity contribution < 1.29 is 27.4 Å². The van der Waals surface area contributed by atoms with Gasteiger partial charge in [0.1, 0.15) is 19.0 Å². The molecular weight excluding hydrogens is 468 g/mol. The van der Waals surface area contributed by atoms with Gasteiger partial charge >= 0.3 is 0 Å². The number of ether oxygens (including phenoxy) is 3. The number of hydrogen-bond acceptors (Lipinski definition) is 6. The molecule has 0 radical (unpaired) electrons. The molecule has 2 N–H and O–H groups in total. The number of nitrogens with one attached hydrogen (secondary N) is 2. The highest BCUT2D eigenvalue weighted by molar-refractivity contribution is 7.89. The van der Waals surface area contributed by atoms with Crippen molar-refractivity contribution in [1.82, 2.24) is 4.72 Å². The van der Waals surface area contributed by atoms with E-state index in [9.17, 15) is 13.2 Å². The average Bonchev–Trinajstić information content (AvgIpc) is 2.82. The van der Waals surface area contributed by atoms with Gasteiger partial charge in [-0.3, -0.25) is 4.79 Å². The summed E-state index contributed by atoms with van der Waals surface area (Å²) in [6.07, 6.45) is 0. The van der Waals surface area contributed by atoms with Crippen LogP contribution >= 0.6 is 11.6 Å². The maximum Gasteiger partial charge on any atom is 0.262 e. The number of carbonyl (C=O) groups is 1. The van der Waals surface area contributed by atoms with E-state index in [1.807, 2.05) is 30.3 Å². The molecule has 10 heteroatoms. The Morgan fingerprint density at radius 1 is 0.970 bits per heavy atom. The Kier molecular flexibility index (Phi) is 7.02. The molecule has 0 unspecified atom stereocenters. The van der Waals surface area contributed by atoms with Crippen molar-refractivity contribution >= 4 is 33.2 Å². The zero-order chi connectivity index (χ0) is 23.3. The Labute approximate surface area is 196 Å². The summed E-state index contributed by atoms with van der Waals surface area (Å²) in [5.41, 5.74) is 1.36. The monoisotopic (exact) mass is 488 g/mol. The van der Waals surface area contributed by atoms with Gasteiger partial charge in [-0.05, 0) is 35.9 Å². The van der Waals surface area contributed by atoms with Crippen LogP contribution in [-0.4, -0.2) is 34.1 Å². The molecule has 0 spiro atoms. The first kappa shape index (κ1) is 22.9. The third-order valence-electron chi connectivity index (χ3n) is 4.71. The number of hydrogen-bond donors (Lipinski definition) is 2. The summed E-state index contributed by atoms with van der Waals surface area (Å²) in [5.74, 6) is 0.955. The lowest BCUT2D eigenvalue weighted by Gasteiger charge is -2.19. The Bertz CT molecular complexity index is 1250. The number of sulfonamides is 1. The van der Waals surface area contributed by atoms with Gasteiger partial charge in [0.2, 0.25) is 10.0 Å². The first-order valence-corrected chi connectivity index (χ1v) is 11.9. The van der Waals surface area contributed by atoms with E-state index in [4.69, 9.17) is 25.8 Å². The summed E-state index contributed by atoms with van der Waals surface area (Å²) < 4.78 is 44.0. The zero-order valence-corrected chi connectivity index (χ0v) is 19.0. The lowest BCUT2D eigenvalue weighted by atomic mass is 10.2. The van der Waals surface area contributed by atoms with Crippen LogP contribution < -0.4 is 24.2 Å². The molecule has 0 aromatic heterocycles. The highest BCUT2D eigenvalue weighted by atomic mass is 35.5. The zero-order valence-electron chi connectivity index (χ0n) is 17.4. The summed E-state index contributed by atoms with van der Waals surface area (Å²) in [4.78, 5) is 12.3. The van der Waals surface area contributed by atoms with Crippen molar-refractivity contribution in [3.05, 3.63) is 77.3 Å². The van der Waals surface area contributed by atoms with E-state index in [-0.39, 0.29) is 28.8 Å². The van der Waals surface area contributed by atoms with Crippen molar-refractivity contribution in [2.24, 2.45) is 0 Å². The largest absolute Gasteiger partial charge is 0.486 e. The fourth-order valence-electron chi connectivity index (χ4n) is 3.08. The Morgan fingerprint density at radius 2 is 1.73 bits per heavy atom. The van der Waals surface area contributed by atoms with Gasteiger partial charge in [-0.2, -0.15) is 0 Å². The molecule has 0 fully saturated rings. The fraction of sp³-hybridized carbons (Fsp3) is 0.174. The molecule has 4 rings (SSSR count). The lowest BCUT2D eigenvalue weighted by molar-refractivity contribution is -0.118. The molecule has 3 aromatic rings. The van der Waals surface area contributed by atoms with E-state index in [0.717, 1.165) is 5.56 Å². The second-order valence-electron chi connectivity index (χ2n) is 7.10. The van der Waals surface area contributed by atoms with Gasteiger partial charge in [-0.25, -0.2) is 13.1 Å². The normalized spacial score (nSPS) is 12.8. The van der Waals surface area contributed by atoms with Gasteiger partial charge < -0.3 is 19.5 Å². The number of fused-ring (bicyclic) bond motifs is 1. The average molecular weight is 489 g/mol. The van der Waals surface area contributed by atoms with E-state index >= 15 is 0 Å². The van der Waals surface area contributed by atoms with Gasteiger partial charge in [0.25, 0.3) is 5.91 Å². The molecule has 172 valence electrons. The molecule has 33 heavy (non-hydrogen) atoms. The maximum atomic E-state index is 12.5. The van der Waals surface area contributed by atoms with Gasteiger partial charge in [0.05, 0.1) is 9.92 Å². The molecule has 0 bridgehead atoms. The third-order valence-corrected chi connectivity index (χ3v) is 6.40. The Balaban J connectivity index is 1.33. The highest BCUT2D eigenvalue weighted by Gasteiger charge is 2.17. The molecule has 3 aromatic carbocycles. The molecule has 0 aliphatic carbocycles. The maximum absolute atomic E-state index is 12.5. The van der Waals surface area contributed by atoms with Gasteiger partial charge in [-0.15, -0.1) is 0 Å².